The van der Waals surface area contributed by atoms with Crippen molar-refractivity contribution >= 4 is 0 Å². The van der Waals surface area contributed by atoms with Gasteiger partial charge in [-0.1, -0.05) is 38.1 Å². The molecule has 3 rings (SSSR count). The number of fused-ring (bicyclic) bond motifs is 2. The minimum Gasteiger partial charge on any atom is -0.493 e. The SMILES string of the molecule is COc1cc2c(cc1OC)C(CC(N)C(C)C)c1ccccc1CC2. The third kappa shape index (κ3) is 3.52. The van der Waals surface area contributed by atoms with Gasteiger partial charge in [-0.25, -0.2) is 0 Å². The molecule has 3 nitrogen and oxygen atoms in total. The fourth-order valence-corrected chi connectivity index (χ4v) is 3.81. The van der Waals surface area contributed by atoms with Gasteiger partial charge in [-0.15, -0.1) is 0 Å². The highest BCUT2D eigenvalue weighted by molar-refractivity contribution is 5.53. The van der Waals surface area contributed by atoms with Crippen molar-refractivity contribution in [3.63, 3.8) is 0 Å². The molecular formula is C22H29NO2. The normalized spacial score (nSPS) is 17.4. The zero-order valence-corrected chi connectivity index (χ0v) is 15.7. The molecule has 1 aliphatic rings. The summed E-state index contributed by atoms with van der Waals surface area (Å²) in [5.41, 5.74) is 12.0. The maximum absolute atomic E-state index is 6.48. The first-order valence-corrected chi connectivity index (χ1v) is 9.13. The molecule has 2 N–H and O–H groups in total. The van der Waals surface area contributed by atoms with E-state index in [0.717, 1.165) is 30.8 Å². The van der Waals surface area contributed by atoms with Crippen LogP contribution in [-0.2, 0) is 12.8 Å². The Morgan fingerprint density at radius 3 is 2.28 bits per heavy atom. The van der Waals surface area contributed by atoms with Crippen LogP contribution >= 0.6 is 0 Å². The third-order valence-electron chi connectivity index (χ3n) is 5.48. The summed E-state index contributed by atoms with van der Waals surface area (Å²) in [5, 5.41) is 0. The Labute approximate surface area is 151 Å². The first-order chi connectivity index (χ1) is 12.0. The van der Waals surface area contributed by atoms with Gasteiger partial charge < -0.3 is 15.2 Å². The molecular weight excluding hydrogens is 310 g/mol. The first kappa shape index (κ1) is 17.8. The summed E-state index contributed by atoms with van der Waals surface area (Å²) < 4.78 is 11.1. The van der Waals surface area contributed by atoms with E-state index in [9.17, 15) is 0 Å². The Kier molecular flexibility index (Phi) is 5.33. The first-order valence-electron chi connectivity index (χ1n) is 9.13. The van der Waals surface area contributed by atoms with Crippen LogP contribution in [0.25, 0.3) is 0 Å². The third-order valence-corrected chi connectivity index (χ3v) is 5.48. The molecule has 0 heterocycles. The molecule has 3 heteroatoms. The second-order valence-corrected chi connectivity index (χ2v) is 7.30. The van der Waals surface area contributed by atoms with Crippen molar-refractivity contribution in [1.29, 1.82) is 0 Å². The van der Waals surface area contributed by atoms with Gasteiger partial charge >= 0.3 is 0 Å². The highest BCUT2D eigenvalue weighted by atomic mass is 16.5. The van der Waals surface area contributed by atoms with Crippen LogP contribution < -0.4 is 15.2 Å². The summed E-state index contributed by atoms with van der Waals surface area (Å²) in [5.74, 6) is 2.35. The van der Waals surface area contributed by atoms with E-state index in [2.05, 4.69) is 50.2 Å². The lowest BCUT2D eigenvalue weighted by atomic mass is 9.81. The van der Waals surface area contributed by atoms with E-state index in [1.54, 1.807) is 14.2 Å². The molecule has 0 spiro atoms. The highest BCUT2D eigenvalue weighted by Gasteiger charge is 2.27. The van der Waals surface area contributed by atoms with Gasteiger partial charge in [0.25, 0.3) is 0 Å². The number of aryl methyl sites for hydroxylation is 2. The van der Waals surface area contributed by atoms with E-state index in [-0.39, 0.29) is 6.04 Å². The lowest BCUT2D eigenvalue weighted by Gasteiger charge is -2.26. The predicted octanol–water partition coefficient (Wildman–Crippen LogP) is 4.31. The topological polar surface area (TPSA) is 44.5 Å². The van der Waals surface area contributed by atoms with Crippen LogP contribution in [0.5, 0.6) is 11.5 Å². The van der Waals surface area contributed by atoms with Crippen molar-refractivity contribution < 1.29 is 9.47 Å². The van der Waals surface area contributed by atoms with Crippen LogP contribution in [0.4, 0.5) is 0 Å². The Hall–Kier alpha value is -2.00. The summed E-state index contributed by atoms with van der Waals surface area (Å²) in [6, 6.07) is 13.3. The van der Waals surface area contributed by atoms with Gasteiger partial charge in [0.2, 0.25) is 0 Å². The average Bonchev–Trinajstić information content (AvgIpc) is 2.77. The zero-order valence-electron chi connectivity index (χ0n) is 15.7. The van der Waals surface area contributed by atoms with Gasteiger partial charge in [0.15, 0.2) is 11.5 Å². The van der Waals surface area contributed by atoms with Gasteiger partial charge in [-0.2, -0.15) is 0 Å². The molecule has 25 heavy (non-hydrogen) atoms. The fourth-order valence-electron chi connectivity index (χ4n) is 3.81. The largest absolute Gasteiger partial charge is 0.493 e. The van der Waals surface area contributed by atoms with Crippen molar-refractivity contribution in [2.75, 3.05) is 14.2 Å². The standard InChI is InChI=1S/C22H29NO2/c1-14(2)20(23)12-19-17-8-6-5-7-15(17)9-10-16-11-21(24-3)22(25-4)13-18(16)19/h5-8,11,13-14,19-20H,9-10,12,23H2,1-4H3. The molecule has 134 valence electrons. The number of methoxy groups -OCH3 is 2. The number of rotatable bonds is 5. The summed E-state index contributed by atoms with van der Waals surface area (Å²) in [6.07, 6.45) is 3.00. The summed E-state index contributed by atoms with van der Waals surface area (Å²) >= 11 is 0. The lowest BCUT2D eigenvalue weighted by Crippen LogP contribution is -2.29. The van der Waals surface area contributed by atoms with Crippen molar-refractivity contribution in [1.82, 2.24) is 0 Å². The fraction of sp³-hybridized carbons (Fsp3) is 0.455. The van der Waals surface area contributed by atoms with E-state index in [4.69, 9.17) is 15.2 Å². The zero-order chi connectivity index (χ0) is 18.0. The van der Waals surface area contributed by atoms with E-state index < -0.39 is 0 Å². The van der Waals surface area contributed by atoms with Crippen LogP contribution in [-0.4, -0.2) is 20.3 Å². The van der Waals surface area contributed by atoms with Gasteiger partial charge in [-0.05, 0) is 59.6 Å². The summed E-state index contributed by atoms with van der Waals surface area (Å²) in [7, 11) is 3.39. The summed E-state index contributed by atoms with van der Waals surface area (Å²) in [4.78, 5) is 0. The second kappa shape index (κ2) is 7.49. The maximum Gasteiger partial charge on any atom is 0.161 e. The van der Waals surface area contributed by atoms with E-state index in [1.807, 2.05) is 0 Å². The Morgan fingerprint density at radius 2 is 1.60 bits per heavy atom. The summed E-state index contributed by atoms with van der Waals surface area (Å²) in [6.45, 7) is 4.39. The monoisotopic (exact) mass is 339 g/mol. The Bertz CT molecular complexity index is 739. The molecule has 2 unspecified atom stereocenters. The van der Waals surface area contributed by atoms with E-state index in [1.165, 1.54) is 22.3 Å². The van der Waals surface area contributed by atoms with Crippen molar-refractivity contribution in [2.24, 2.45) is 11.7 Å². The number of nitrogens with two attached hydrogens (primary N) is 1. The molecule has 0 fully saturated rings. The second-order valence-electron chi connectivity index (χ2n) is 7.30. The molecule has 2 aromatic carbocycles. The van der Waals surface area contributed by atoms with E-state index >= 15 is 0 Å². The molecule has 0 aliphatic heterocycles. The molecule has 0 saturated heterocycles. The highest BCUT2D eigenvalue weighted by Crippen LogP contribution is 2.42. The smallest absolute Gasteiger partial charge is 0.161 e. The Balaban J connectivity index is 2.14. The number of hydrogen-bond acceptors (Lipinski definition) is 3. The van der Waals surface area contributed by atoms with Crippen LogP contribution in [0.2, 0.25) is 0 Å². The Morgan fingerprint density at radius 1 is 0.960 bits per heavy atom. The molecule has 1 aliphatic carbocycles. The average molecular weight is 339 g/mol. The molecule has 0 bridgehead atoms. The van der Waals surface area contributed by atoms with Gasteiger partial charge in [-0.3, -0.25) is 0 Å². The number of benzene rings is 2. The minimum absolute atomic E-state index is 0.164. The van der Waals surface area contributed by atoms with Gasteiger partial charge in [0.1, 0.15) is 0 Å². The quantitative estimate of drug-likeness (QED) is 0.883. The maximum atomic E-state index is 6.48. The van der Waals surface area contributed by atoms with Crippen molar-refractivity contribution in [2.45, 2.75) is 45.1 Å². The molecule has 0 radical (unpaired) electrons. The van der Waals surface area contributed by atoms with Crippen LogP contribution in [0.1, 0.15) is 48.4 Å². The van der Waals surface area contributed by atoms with Crippen molar-refractivity contribution in [3.8, 4) is 11.5 Å². The van der Waals surface area contributed by atoms with Crippen LogP contribution in [0.15, 0.2) is 36.4 Å². The lowest BCUT2D eigenvalue weighted by molar-refractivity contribution is 0.353. The number of ether oxygens (including phenoxy) is 2. The van der Waals surface area contributed by atoms with Crippen molar-refractivity contribution in [3.05, 3.63) is 58.7 Å². The molecule has 2 atom stereocenters. The van der Waals surface area contributed by atoms with E-state index in [0.29, 0.717) is 11.8 Å². The van der Waals surface area contributed by atoms with Crippen LogP contribution in [0, 0.1) is 5.92 Å². The number of hydrogen-bond donors (Lipinski definition) is 1. The molecule has 0 saturated carbocycles. The molecule has 0 amide bonds. The predicted molar refractivity (Wildman–Crippen MR) is 103 cm³/mol. The minimum atomic E-state index is 0.164. The van der Waals surface area contributed by atoms with Crippen LogP contribution in [0.3, 0.4) is 0 Å². The molecule has 0 aromatic heterocycles. The van der Waals surface area contributed by atoms with Gasteiger partial charge in [0.05, 0.1) is 14.2 Å². The van der Waals surface area contributed by atoms with Gasteiger partial charge in [0, 0.05) is 12.0 Å². The molecule has 2 aromatic rings.